The molecule has 3 rings (SSSR count). The molecule has 1 aromatic heterocycles. The molecule has 2 aromatic rings. The molecule has 1 aromatic carbocycles. The van der Waals surface area contributed by atoms with Gasteiger partial charge in [-0.15, -0.1) is 0 Å². The molecule has 0 bridgehead atoms. The second kappa shape index (κ2) is 7.28. The summed E-state index contributed by atoms with van der Waals surface area (Å²) in [6.07, 6.45) is 2.40. The maximum absolute atomic E-state index is 13.7. The predicted octanol–water partition coefficient (Wildman–Crippen LogP) is 1.55. The summed E-state index contributed by atoms with van der Waals surface area (Å²) in [5.41, 5.74) is 1.20. The Morgan fingerprint density at radius 3 is 2.46 bits per heavy atom. The number of pyridine rings is 1. The second-order valence-corrected chi connectivity index (χ2v) is 7.76. The number of sulfonamides is 1. The van der Waals surface area contributed by atoms with Crippen molar-refractivity contribution < 1.29 is 17.6 Å². The highest BCUT2D eigenvalue weighted by molar-refractivity contribution is 7.92. The van der Waals surface area contributed by atoms with Gasteiger partial charge in [-0.2, -0.15) is 4.39 Å². The van der Waals surface area contributed by atoms with Gasteiger partial charge in [0.05, 0.1) is 23.2 Å². The molecule has 9 heteroatoms. The molecule has 26 heavy (non-hydrogen) atoms. The first-order valence-corrected chi connectivity index (χ1v) is 9.96. The summed E-state index contributed by atoms with van der Waals surface area (Å²) in [5, 5.41) is 0. The summed E-state index contributed by atoms with van der Waals surface area (Å²) in [5.74, 6) is -1.17. The van der Waals surface area contributed by atoms with Crippen LogP contribution in [0.15, 0.2) is 42.6 Å². The highest BCUT2D eigenvalue weighted by Crippen LogP contribution is 2.27. The molecule has 1 amide bonds. The van der Waals surface area contributed by atoms with Crippen LogP contribution in [0.3, 0.4) is 0 Å². The smallest absolute Gasteiger partial charge is 0.258 e. The molecule has 0 spiro atoms. The average molecular weight is 378 g/mol. The zero-order valence-electron chi connectivity index (χ0n) is 14.2. The van der Waals surface area contributed by atoms with Gasteiger partial charge in [-0.3, -0.25) is 9.52 Å². The highest BCUT2D eigenvalue weighted by Gasteiger charge is 2.25. The van der Waals surface area contributed by atoms with Crippen molar-refractivity contribution in [2.75, 3.05) is 42.1 Å². The van der Waals surface area contributed by atoms with Crippen LogP contribution in [0.2, 0.25) is 0 Å². The number of carbonyl (C=O) groups is 1. The van der Waals surface area contributed by atoms with Crippen LogP contribution in [0.5, 0.6) is 0 Å². The summed E-state index contributed by atoms with van der Waals surface area (Å²) in [7, 11) is -3.39. The van der Waals surface area contributed by atoms with Gasteiger partial charge in [0, 0.05) is 32.4 Å². The molecule has 0 radical (unpaired) electrons. The van der Waals surface area contributed by atoms with Crippen molar-refractivity contribution in [3.05, 3.63) is 54.1 Å². The van der Waals surface area contributed by atoms with Crippen molar-refractivity contribution in [2.45, 2.75) is 0 Å². The van der Waals surface area contributed by atoms with Crippen LogP contribution in [0, 0.1) is 5.95 Å². The van der Waals surface area contributed by atoms with Crippen LogP contribution in [-0.2, 0) is 10.0 Å². The maximum atomic E-state index is 13.7. The number of amides is 1. The topological polar surface area (TPSA) is 82.6 Å². The number of aromatic nitrogens is 1. The summed E-state index contributed by atoms with van der Waals surface area (Å²) in [4.78, 5) is 19.5. The molecule has 1 aliphatic heterocycles. The van der Waals surface area contributed by atoms with Gasteiger partial charge >= 0.3 is 0 Å². The number of anilines is 2. The van der Waals surface area contributed by atoms with E-state index >= 15 is 0 Å². The molecule has 0 saturated carbocycles. The highest BCUT2D eigenvalue weighted by atomic mass is 32.2. The maximum Gasteiger partial charge on any atom is 0.258 e. The SMILES string of the molecule is CS(=O)(=O)Nc1ccccc1N1CCN(C(=O)c2cccnc2F)CC1. The Morgan fingerprint density at radius 2 is 1.81 bits per heavy atom. The molecule has 1 fully saturated rings. The first-order chi connectivity index (χ1) is 12.3. The predicted molar refractivity (Wildman–Crippen MR) is 97.2 cm³/mol. The Bertz CT molecular complexity index is 912. The fourth-order valence-electron chi connectivity index (χ4n) is 2.90. The number of hydrogen-bond donors (Lipinski definition) is 1. The monoisotopic (exact) mass is 378 g/mol. The standard InChI is InChI=1S/C17H19FN4O3S/c1-26(24,25)20-14-6-2-3-7-15(14)21-9-11-22(12-10-21)17(23)13-5-4-8-19-16(13)18/h2-8,20H,9-12H2,1H3. The van der Waals surface area contributed by atoms with Crippen LogP contribution in [0.25, 0.3) is 0 Å². The normalized spacial score (nSPS) is 15.0. The summed E-state index contributed by atoms with van der Waals surface area (Å²) in [6, 6.07) is 10.0. The first-order valence-electron chi connectivity index (χ1n) is 8.07. The van der Waals surface area contributed by atoms with E-state index in [0.717, 1.165) is 11.9 Å². The van der Waals surface area contributed by atoms with Gasteiger partial charge in [-0.05, 0) is 24.3 Å². The van der Waals surface area contributed by atoms with E-state index in [4.69, 9.17) is 0 Å². The molecule has 1 aliphatic rings. The lowest BCUT2D eigenvalue weighted by Crippen LogP contribution is -2.49. The molecular formula is C17H19FN4O3S. The zero-order chi connectivity index (χ0) is 18.7. The minimum absolute atomic E-state index is 0.0416. The third-order valence-electron chi connectivity index (χ3n) is 4.10. The van der Waals surface area contributed by atoms with Crippen molar-refractivity contribution in [3.63, 3.8) is 0 Å². The van der Waals surface area contributed by atoms with Gasteiger partial charge in [0.2, 0.25) is 16.0 Å². The Labute approximate surface area is 151 Å². The van der Waals surface area contributed by atoms with Crippen molar-refractivity contribution in [3.8, 4) is 0 Å². The number of nitrogens with one attached hydrogen (secondary N) is 1. The Kier molecular flexibility index (Phi) is 5.08. The summed E-state index contributed by atoms with van der Waals surface area (Å²) >= 11 is 0. The van der Waals surface area contributed by atoms with E-state index in [1.54, 1.807) is 17.0 Å². The number of para-hydroxylation sites is 2. The number of hydrogen-bond acceptors (Lipinski definition) is 5. The molecule has 0 aliphatic carbocycles. The fraction of sp³-hybridized carbons (Fsp3) is 0.294. The van der Waals surface area contributed by atoms with Crippen LogP contribution < -0.4 is 9.62 Å². The van der Waals surface area contributed by atoms with Crippen LogP contribution in [0.1, 0.15) is 10.4 Å². The Morgan fingerprint density at radius 1 is 1.12 bits per heavy atom. The van der Waals surface area contributed by atoms with Crippen molar-refractivity contribution >= 4 is 27.3 Å². The van der Waals surface area contributed by atoms with Crippen LogP contribution in [0.4, 0.5) is 15.8 Å². The molecule has 0 atom stereocenters. The van der Waals surface area contributed by atoms with Crippen LogP contribution in [-0.4, -0.2) is 56.6 Å². The molecule has 138 valence electrons. The van der Waals surface area contributed by atoms with Crippen LogP contribution >= 0.6 is 0 Å². The molecule has 2 heterocycles. The molecule has 7 nitrogen and oxygen atoms in total. The lowest BCUT2D eigenvalue weighted by Gasteiger charge is -2.37. The minimum Gasteiger partial charge on any atom is -0.366 e. The molecule has 1 N–H and O–H groups in total. The van der Waals surface area contributed by atoms with E-state index in [9.17, 15) is 17.6 Å². The Hall–Kier alpha value is -2.68. The molecular weight excluding hydrogens is 359 g/mol. The second-order valence-electron chi connectivity index (χ2n) is 6.01. The van der Waals surface area contributed by atoms with E-state index in [1.807, 2.05) is 17.0 Å². The van der Waals surface area contributed by atoms with E-state index in [1.165, 1.54) is 18.3 Å². The van der Waals surface area contributed by atoms with Gasteiger partial charge in [0.25, 0.3) is 5.91 Å². The minimum atomic E-state index is -3.39. The summed E-state index contributed by atoms with van der Waals surface area (Å²) < 4.78 is 39.3. The van der Waals surface area contributed by atoms with Gasteiger partial charge in [-0.25, -0.2) is 13.4 Å². The number of piperazine rings is 1. The lowest BCUT2D eigenvalue weighted by atomic mass is 10.2. The summed E-state index contributed by atoms with van der Waals surface area (Å²) in [6.45, 7) is 1.83. The van der Waals surface area contributed by atoms with E-state index < -0.39 is 21.9 Å². The number of rotatable bonds is 4. The number of carbonyl (C=O) groups excluding carboxylic acids is 1. The largest absolute Gasteiger partial charge is 0.366 e. The van der Waals surface area contributed by atoms with Gasteiger partial charge in [0.15, 0.2) is 0 Å². The zero-order valence-corrected chi connectivity index (χ0v) is 15.0. The van der Waals surface area contributed by atoms with Crippen molar-refractivity contribution in [1.29, 1.82) is 0 Å². The average Bonchev–Trinajstić information content (AvgIpc) is 2.61. The van der Waals surface area contributed by atoms with E-state index in [0.29, 0.717) is 31.9 Å². The number of nitrogens with zero attached hydrogens (tertiary/aromatic N) is 3. The first kappa shape index (κ1) is 18.1. The fourth-order valence-corrected chi connectivity index (χ4v) is 3.47. The van der Waals surface area contributed by atoms with Gasteiger partial charge in [-0.1, -0.05) is 12.1 Å². The third-order valence-corrected chi connectivity index (χ3v) is 4.69. The van der Waals surface area contributed by atoms with Crippen molar-refractivity contribution in [1.82, 2.24) is 9.88 Å². The van der Waals surface area contributed by atoms with Gasteiger partial charge < -0.3 is 9.80 Å². The lowest BCUT2D eigenvalue weighted by molar-refractivity contribution is 0.0741. The molecule has 0 unspecified atom stereocenters. The quantitative estimate of drug-likeness (QED) is 0.817. The van der Waals surface area contributed by atoms with E-state index in [-0.39, 0.29) is 5.56 Å². The molecule has 1 saturated heterocycles. The van der Waals surface area contributed by atoms with E-state index in [2.05, 4.69) is 9.71 Å². The Balaban J connectivity index is 1.72. The van der Waals surface area contributed by atoms with Crippen molar-refractivity contribution in [2.24, 2.45) is 0 Å². The third kappa shape index (κ3) is 4.10. The van der Waals surface area contributed by atoms with Gasteiger partial charge in [0.1, 0.15) is 0 Å². The number of benzene rings is 1. The number of halogens is 1.